The number of rotatable bonds is 3. The Morgan fingerprint density at radius 2 is 1.68 bits per heavy atom. The normalized spacial score (nSPS) is 17.6. The summed E-state index contributed by atoms with van der Waals surface area (Å²) >= 11 is 0. The predicted molar refractivity (Wildman–Crippen MR) is 91.2 cm³/mol. The average molecular weight is 292 g/mol. The standard InChI is InChI=1S/C19H20N2O/c1-20(2)16-10-8-15(9-11-16)19-14-18(22)12-13-21(19)17-6-4-3-5-7-17/h3-13,19H,14H2,1-2H3. The van der Waals surface area contributed by atoms with Gasteiger partial charge in [0.2, 0.25) is 0 Å². The minimum atomic E-state index is 0.0520. The number of carbonyl (C=O) groups is 1. The number of hydrogen-bond donors (Lipinski definition) is 0. The van der Waals surface area contributed by atoms with Crippen LogP contribution in [-0.2, 0) is 4.79 Å². The van der Waals surface area contributed by atoms with Crippen molar-refractivity contribution in [3.05, 3.63) is 72.4 Å². The number of benzene rings is 2. The third kappa shape index (κ3) is 2.89. The van der Waals surface area contributed by atoms with Crippen LogP contribution in [0, 0.1) is 0 Å². The van der Waals surface area contributed by atoms with Crippen molar-refractivity contribution in [3.8, 4) is 0 Å². The fraction of sp³-hybridized carbons (Fsp3) is 0.211. The molecule has 1 aliphatic heterocycles. The van der Waals surface area contributed by atoms with Crippen LogP contribution in [0.25, 0.3) is 0 Å². The van der Waals surface area contributed by atoms with Gasteiger partial charge >= 0.3 is 0 Å². The second kappa shape index (κ2) is 6.06. The molecule has 0 saturated heterocycles. The zero-order valence-electron chi connectivity index (χ0n) is 12.9. The first-order valence-corrected chi connectivity index (χ1v) is 7.47. The minimum absolute atomic E-state index is 0.0520. The topological polar surface area (TPSA) is 23.6 Å². The van der Waals surface area contributed by atoms with Gasteiger partial charge in [-0.1, -0.05) is 30.3 Å². The molecule has 3 rings (SSSR count). The minimum Gasteiger partial charge on any atom is -0.378 e. The molecule has 2 aromatic rings. The van der Waals surface area contributed by atoms with Gasteiger partial charge in [-0.15, -0.1) is 0 Å². The molecule has 0 bridgehead atoms. The van der Waals surface area contributed by atoms with E-state index in [4.69, 9.17) is 0 Å². The maximum Gasteiger partial charge on any atom is 0.159 e. The largest absolute Gasteiger partial charge is 0.378 e. The van der Waals surface area contributed by atoms with E-state index >= 15 is 0 Å². The summed E-state index contributed by atoms with van der Waals surface area (Å²) in [6.07, 6.45) is 4.07. The van der Waals surface area contributed by atoms with Crippen LogP contribution in [0.4, 0.5) is 11.4 Å². The Labute approximate surface area is 131 Å². The molecule has 0 radical (unpaired) electrons. The lowest BCUT2D eigenvalue weighted by Crippen LogP contribution is -2.28. The molecule has 112 valence electrons. The van der Waals surface area contributed by atoms with Crippen LogP contribution >= 0.6 is 0 Å². The Bertz CT molecular complexity index is 674. The quantitative estimate of drug-likeness (QED) is 0.860. The molecule has 1 unspecified atom stereocenters. The van der Waals surface area contributed by atoms with Gasteiger partial charge in [0.05, 0.1) is 6.04 Å². The Hall–Kier alpha value is -2.55. The summed E-state index contributed by atoms with van der Waals surface area (Å²) < 4.78 is 0. The van der Waals surface area contributed by atoms with E-state index in [0.717, 1.165) is 16.9 Å². The summed E-state index contributed by atoms with van der Waals surface area (Å²) in [6.45, 7) is 0. The van der Waals surface area contributed by atoms with Crippen LogP contribution < -0.4 is 9.80 Å². The van der Waals surface area contributed by atoms with Crippen molar-refractivity contribution in [2.75, 3.05) is 23.9 Å². The van der Waals surface area contributed by atoms with E-state index in [1.54, 1.807) is 6.08 Å². The Balaban J connectivity index is 1.95. The van der Waals surface area contributed by atoms with Gasteiger partial charge in [0, 0.05) is 38.1 Å². The molecule has 22 heavy (non-hydrogen) atoms. The molecule has 0 saturated carbocycles. The third-order valence-corrected chi connectivity index (χ3v) is 4.00. The molecule has 0 N–H and O–H groups in total. The zero-order valence-corrected chi connectivity index (χ0v) is 12.9. The number of nitrogens with zero attached hydrogens (tertiary/aromatic N) is 2. The van der Waals surface area contributed by atoms with Crippen molar-refractivity contribution in [1.29, 1.82) is 0 Å². The van der Waals surface area contributed by atoms with Crippen molar-refractivity contribution in [1.82, 2.24) is 0 Å². The van der Waals surface area contributed by atoms with Crippen LogP contribution in [0.5, 0.6) is 0 Å². The second-order valence-corrected chi connectivity index (χ2v) is 5.73. The highest BCUT2D eigenvalue weighted by Gasteiger charge is 2.25. The van der Waals surface area contributed by atoms with Crippen molar-refractivity contribution in [2.45, 2.75) is 12.5 Å². The lowest BCUT2D eigenvalue weighted by molar-refractivity contribution is -0.115. The lowest BCUT2D eigenvalue weighted by atomic mass is 9.96. The highest BCUT2D eigenvalue weighted by Crippen LogP contribution is 2.33. The van der Waals surface area contributed by atoms with Gasteiger partial charge in [0.25, 0.3) is 0 Å². The molecular weight excluding hydrogens is 272 g/mol. The monoisotopic (exact) mass is 292 g/mol. The summed E-state index contributed by atoms with van der Waals surface area (Å²) in [6, 6.07) is 18.7. The van der Waals surface area contributed by atoms with Gasteiger partial charge in [0.15, 0.2) is 5.78 Å². The summed E-state index contributed by atoms with van der Waals surface area (Å²) in [5.74, 6) is 0.175. The van der Waals surface area contributed by atoms with Crippen LogP contribution in [0.2, 0.25) is 0 Å². The SMILES string of the molecule is CN(C)c1ccc(C2CC(=O)C=CN2c2ccccc2)cc1. The van der Waals surface area contributed by atoms with Crippen LogP contribution in [-0.4, -0.2) is 19.9 Å². The summed E-state index contributed by atoms with van der Waals surface area (Å²) in [4.78, 5) is 16.1. The lowest BCUT2D eigenvalue weighted by Gasteiger charge is -2.33. The van der Waals surface area contributed by atoms with Gasteiger partial charge in [-0.25, -0.2) is 0 Å². The summed E-state index contributed by atoms with van der Waals surface area (Å²) in [5, 5.41) is 0. The highest BCUT2D eigenvalue weighted by molar-refractivity contribution is 5.92. The highest BCUT2D eigenvalue weighted by atomic mass is 16.1. The van der Waals surface area contributed by atoms with Gasteiger partial charge < -0.3 is 9.80 Å². The van der Waals surface area contributed by atoms with Crippen molar-refractivity contribution >= 4 is 17.2 Å². The molecule has 0 aliphatic carbocycles. The van der Waals surface area contributed by atoms with E-state index in [9.17, 15) is 4.79 Å². The maximum atomic E-state index is 11.9. The van der Waals surface area contributed by atoms with Gasteiger partial charge in [-0.2, -0.15) is 0 Å². The van der Waals surface area contributed by atoms with Crippen molar-refractivity contribution in [2.24, 2.45) is 0 Å². The first-order chi connectivity index (χ1) is 10.6. The fourth-order valence-corrected chi connectivity index (χ4v) is 2.76. The first-order valence-electron chi connectivity index (χ1n) is 7.47. The average Bonchev–Trinajstić information content (AvgIpc) is 2.55. The molecular formula is C19H20N2O. The Morgan fingerprint density at radius 3 is 2.32 bits per heavy atom. The van der Waals surface area contributed by atoms with E-state index in [1.165, 1.54) is 0 Å². The third-order valence-electron chi connectivity index (χ3n) is 4.00. The number of hydrogen-bond acceptors (Lipinski definition) is 3. The first kappa shape index (κ1) is 14.4. The van der Waals surface area contributed by atoms with Crippen LogP contribution in [0.3, 0.4) is 0 Å². The van der Waals surface area contributed by atoms with E-state index < -0.39 is 0 Å². The second-order valence-electron chi connectivity index (χ2n) is 5.73. The molecule has 0 aromatic heterocycles. The molecule has 0 spiro atoms. The van der Waals surface area contributed by atoms with E-state index in [-0.39, 0.29) is 11.8 Å². The number of carbonyl (C=O) groups excluding carboxylic acids is 1. The Kier molecular flexibility index (Phi) is 3.96. The fourth-order valence-electron chi connectivity index (χ4n) is 2.76. The van der Waals surface area contributed by atoms with Gasteiger partial charge in [-0.3, -0.25) is 4.79 Å². The van der Waals surface area contributed by atoms with Crippen LogP contribution in [0.15, 0.2) is 66.9 Å². The van der Waals surface area contributed by atoms with Gasteiger partial charge in [-0.05, 0) is 35.9 Å². The molecule has 3 nitrogen and oxygen atoms in total. The number of allylic oxidation sites excluding steroid dienone is 1. The molecule has 3 heteroatoms. The molecule has 1 aliphatic rings. The number of ketones is 1. The molecule has 2 aromatic carbocycles. The summed E-state index contributed by atoms with van der Waals surface area (Å²) in [5.41, 5.74) is 3.42. The Morgan fingerprint density at radius 1 is 1.00 bits per heavy atom. The van der Waals surface area contributed by atoms with Gasteiger partial charge in [0.1, 0.15) is 0 Å². The van der Waals surface area contributed by atoms with E-state index in [2.05, 4.69) is 46.2 Å². The number of para-hydroxylation sites is 1. The maximum absolute atomic E-state index is 11.9. The van der Waals surface area contributed by atoms with E-state index in [0.29, 0.717) is 6.42 Å². The number of anilines is 2. The van der Waals surface area contributed by atoms with Crippen molar-refractivity contribution < 1.29 is 4.79 Å². The molecule has 1 heterocycles. The molecule has 0 fully saturated rings. The van der Waals surface area contributed by atoms with Crippen LogP contribution in [0.1, 0.15) is 18.0 Å². The molecule has 1 atom stereocenters. The molecule has 0 amide bonds. The van der Waals surface area contributed by atoms with Crippen molar-refractivity contribution in [3.63, 3.8) is 0 Å². The smallest absolute Gasteiger partial charge is 0.159 e. The zero-order chi connectivity index (χ0) is 15.5. The van der Waals surface area contributed by atoms with E-state index in [1.807, 2.05) is 38.5 Å². The predicted octanol–water partition coefficient (Wildman–Crippen LogP) is 3.79. The summed E-state index contributed by atoms with van der Waals surface area (Å²) in [7, 11) is 4.05.